The average Bonchev–Trinajstić information content (AvgIpc) is 2.89. The Morgan fingerprint density at radius 3 is 2.50 bits per heavy atom. The van der Waals surface area contributed by atoms with Gasteiger partial charge in [0.1, 0.15) is 0 Å². The summed E-state index contributed by atoms with van der Waals surface area (Å²) in [6, 6.07) is 6.16. The molecular weight excluding hydrogens is 278 g/mol. The largest absolute Gasteiger partial charge is 0.490 e. The fourth-order valence-corrected chi connectivity index (χ4v) is 3.21. The number of rotatable bonds is 3. The lowest BCUT2D eigenvalue weighted by Crippen LogP contribution is -2.35. The Morgan fingerprint density at radius 2 is 1.73 bits per heavy atom. The van der Waals surface area contributed by atoms with Gasteiger partial charge in [-0.15, -0.1) is 0 Å². The molecule has 1 heterocycles. The van der Waals surface area contributed by atoms with Crippen molar-refractivity contribution in [3.63, 3.8) is 0 Å². The van der Waals surface area contributed by atoms with Crippen molar-refractivity contribution in [3.8, 4) is 11.5 Å². The monoisotopic (exact) mass is 303 g/mol. The SMILES string of the molecule is O=C(Cc1ccc2c(c1)OCCCO2)NC1CCCCCC1. The molecule has 1 fully saturated rings. The van der Waals surface area contributed by atoms with Crippen LogP contribution in [0, 0.1) is 0 Å². The van der Waals surface area contributed by atoms with Crippen LogP contribution in [0.25, 0.3) is 0 Å². The Morgan fingerprint density at radius 1 is 1.00 bits per heavy atom. The second-order valence-corrected chi connectivity index (χ2v) is 6.26. The molecule has 0 spiro atoms. The van der Waals surface area contributed by atoms with Crippen LogP contribution in [-0.4, -0.2) is 25.2 Å². The zero-order valence-corrected chi connectivity index (χ0v) is 13.1. The first-order valence-corrected chi connectivity index (χ1v) is 8.49. The van der Waals surface area contributed by atoms with Crippen LogP contribution in [0.1, 0.15) is 50.5 Å². The molecule has 0 atom stereocenters. The lowest BCUT2D eigenvalue weighted by molar-refractivity contribution is -0.121. The predicted molar refractivity (Wildman–Crippen MR) is 85.4 cm³/mol. The van der Waals surface area contributed by atoms with Crippen LogP contribution in [0.4, 0.5) is 0 Å². The Bertz CT molecular complexity index is 507. The minimum absolute atomic E-state index is 0.112. The van der Waals surface area contributed by atoms with Crippen LogP contribution in [-0.2, 0) is 11.2 Å². The van der Waals surface area contributed by atoms with E-state index in [-0.39, 0.29) is 5.91 Å². The number of ether oxygens (including phenoxy) is 2. The fourth-order valence-electron chi connectivity index (χ4n) is 3.21. The summed E-state index contributed by atoms with van der Waals surface area (Å²) in [5.41, 5.74) is 0.982. The number of nitrogens with one attached hydrogen (secondary N) is 1. The van der Waals surface area contributed by atoms with E-state index in [1.165, 1.54) is 25.7 Å². The highest BCUT2D eigenvalue weighted by molar-refractivity contribution is 5.79. The van der Waals surface area contributed by atoms with Crippen molar-refractivity contribution < 1.29 is 14.3 Å². The molecule has 2 aliphatic rings. The maximum Gasteiger partial charge on any atom is 0.224 e. The molecule has 0 bridgehead atoms. The van der Waals surface area contributed by atoms with Crippen LogP contribution in [0.15, 0.2) is 18.2 Å². The van der Waals surface area contributed by atoms with E-state index in [2.05, 4.69) is 5.32 Å². The third-order valence-corrected chi connectivity index (χ3v) is 4.40. The van der Waals surface area contributed by atoms with Crippen LogP contribution in [0.2, 0.25) is 0 Å². The Labute approximate surface area is 132 Å². The number of carbonyl (C=O) groups excluding carboxylic acids is 1. The van der Waals surface area contributed by atoms with E-state index in [0.717, 1.165) is 36.3 Å². The van der Waals surface area contributed by atoms with Gasteiger partial charge >= 0.3 is 0 Å². The summed E-state index contributed by atoms with van der Waals surface area (Å²) < 4.78 is 11.3. The Balaban J connectivity index is 1.57. The maximum absolute atomic E-state index is 12.2. The zero-order valence-electron chi connectivity index (χ0n) is 13.1. The summed E-state index contributed by atoms with van der Waals surface area (Å²) in [6.07, 6.45) is 8.60. The van der Waals surface area contributed by atoms with Crippen LogP contribution in [0.5, 0.6) is 11.5 Å². The smallest absolute Gasteiger partial charge is 0.224 e. The van der Waals surface area contributed by atoms with Gasteiger partial charge in [-0.2, -0.15) is 0 Å². The van der Waals surface area contributed by atoms with Crippen molar-refractivity contribution >= 4 is 5.91 Å². The van der Waals surface area contributed by atoms with Gasteiger partial charge in [0.05, 0.1) is 19.6 Å². The zero-order chi connectivity index (χ0) is 15.2. The maximum atomic E-state index is 12.2. The molecule has 1 N–H and O–H groups in total. The summed E-state index contributed by atoms with van der Waals surface area (Å²) in [5, 5.41) is 3.19. The third-order valence-electron chi connectivity index (χ3n) is 4.40. The van der Waals surface area contributed by atoms with Crippen molar-refractivity contribution in [1.29, 1.82) is 0 Å². The lowest BCUT2D eigenvalue weighted by atomic mass is 10.1. The first-order valence-electron chi connectivity index (χ1n) is 8.49. The van der Waals surface area contributed by atoms with Crippen molar-refractivity contribution in [2.24, 2.45) is 0 Å². The second-order valence-electron chi connectivity index (χ2n) is 6.26. The van der Waals surface area contributed by atoms with Crippen molar-refractivity contribution in [2.45, 2.75) is 57.4 Å². The number of carbonyl (C=O) groups is 1. The Hall–Kier alpha value is -1.71. The molecule has 120 valence electrons. The molecule has 1 amide bonds. The van der Waals surface area contributed by atoms with Gasteiger partial charge in [-0.05, 0) is 30.5 Å². The van der Waals surface area contributed by atoms with Crippen molar-refractivity contribution in [1.82, 2.24) is 5.32 Å². The second kappa shape index (κ2) is 7.52. The molecule has 0 radical (unpaired) electrons. The molecule has 1 saturated carbocycles. The van der Waals surface area contributed by atoms with E-state index in [4.69, 9.17) is 9.47 Å². The van der Waals surface area contributed by atoms with Gasteiger partial charge < -0.3 is 14.8 Å². The molecule has 1 aromatic rings. The van der Waals surface area contributed by atoms with E-state index in [0.29, 0.717) is 25.7 Å². The minimum atomic E-state index is 0.112. The molecule has 0 aromatic heterocycles. The van der Waals surface area contributed by atoms with E-state index in [1.807, 2.05) is 18.2 Å². The standard InChI is InChI=1S/C18H25NO3/c20-18(19-15-6-3-1-2-4-7-15)13-14-8-9-16-17(12-14)22-11-5-10-21-16/h8-9,12,15H,1-7,10-11,13H2,(H,19,20). The van der Waals surface area contributed by atoms with Crippen LogP contribution < -0.4 is 14.8 Å². The van der Waals surface area contributed by atoms with Crippen LogP contribution in [0.3, 0.4) is 0 Å². The lowest BCUT2D eigenvalue weighted by Gasteiger charge is -2.16. The van der Waals surface area contributed by atoms with E-state index in [1.54, 1.807) is 0 Å². The minimum Gasteiger partial charge on any atom is -0.490 e. The van der Waals surface area contributed by atoms with E-state index in [9.17, 15) is 4.79 Å². The number of benzene rings is 1. The fraction of sp³-hybridized carbons (Fsp3) is 0.611. The number of hydrogen-bond acceptors (Lipinski definition) is 3. The van der Waals surface area contributed by atoms with Gasteiger partial charge in [0.25, 0.3) is 0 Å². The normalized spacial score (nSPS) is 19.1. The van der Waals surface area contributed by atoms with Gasteiger partial charge in [0.15, 0.2) is 11.5 Å². The van der Waals surface area contributed by atoms with Gasteiger partial charge in [-0.3, -0.25) is 4.79 Å². The number of hydrogen-bond donors (Lipinski definition) is 1. The highest BCUT2D eigenvalue weighted by atomic mass is 16.5. The van der Waals surface area contributed by atoms with Crippen molar-refractivity contribution in [2.75, 3.05) is 13.2 Å². The average molecular weight is 303 g/mol. The molecule has 22 heavy (non-hydrogen) atoms. The molecule has 3 rings (SSSR count). The molecule has 4 nitrogen and oxygen atoms in total. The molecule has 1 aromatic carbocycles. The first kappa shape index (κ1) is 15.2. The predicted octanol–water partition coefficient (Wildman–Crippen LogP) is 3.23. The number of amides is 1. The molecule has 0 saturated heterocycles. The summed E-state index contributed by atoms with van der Waals surface area (Å²) in [7, 11) is 0. The van der Waals surface area contributed by atoms with E-state index >= 15 is 0 Å². The third kappa shape index (κ3) is 4.15. The summed E-state index contributed by atoms with van der Waals surface area (Å²) in [6.45, 7) is 1.36. The summed E-state index contributed by atoms with van der Waals surface area (Å²) >= 11 is 0. The summed E-state index contributed by atoms with van der Waals surface area (Å²) in [4.78, 5) is 12.2. The Kier molecular flexibility index (Phi) is 5.20. The molecule has 1 aliphatic heterocycles. The molecule has 0 unspecified atom stereocenters. The van der Waals surface area contributed by atoms with Crippen LogP contribution >= 0.6 is 0 Å². The van der Waals surface area contributed by atoms with Gasteiger partial charge in [-0.25, -0.2) is 0 Å². The summed E-state index contributed by atoms with van der Waals surface area (Å²) in [5.74, 6) is 1.66. The molecular formula is C18H25NO3. The molecule has 4 heteroatoms. The highest BCUT2D eigenvalue weighted by Gasteiger charge is 2.16. The number of fused-ring (bicyclic) bond motifs is 1. The van der Waals surface area contributed by atoms with E-state index < -0.39 is 0 Å². The van der Waals surface area contributed by atoms with Crippen molar-refractivity contribution in [3.05, 3.63) is 23.8 Å². The quantitative estimate of drug-likeness (QED) is 0.872. The topological polar surface area (TPSA) is 47.6 Å². The van der Waals surface area contributed by atoms with Gasteiger partial charge in [-0.1, -0.05) is 31.7 Å². The first-order chi connectivity index (χ1) is 10.8. The van der Waals surface area contributed by atoms with Gasteiger partial charge in [0, 0.05) is 12.5 Å². The highest BCUT2D eigenvalue weighted by Crippen LogP contribution is 2.30. The molecule has 1 aliphatic carbocycles. The van der Waals surface area contributed by atoms with Gasteiger partial charge in [0.2, 0.25) is 5.91 Å².